The average molecular weight is 322 g/mol. The lowest BCUT2D eigenvalue weighted by atomic mass is 9.77. The number of carbonyl (C=O) groups is 1. The first kappa shape index (κ1) is 15.3. The number of halogens is 3. The summed E-state index contributed by atoms with van der Waals surface area (Å²) < 4.78 is 43.8. The summed E-state index contributed by atoms with van der Waals surface area (Å²) in [5, 5.41) is 2.54. The predicted molar refractivity (Wildman–Crippen MR) is 77.3 cm³/mol. The van der Waals surface area contributed by atoms with E-state index in [4.69, 9.17) is 4.74 Å². The van der Waals surface area contributed by atoms with Gasteiger partial charge in [0, 0.05) is 17.4 Å². The number of methoxy groups -OCH3 is 1. The van der Waals surface area contributed by atoms with Crippen LogP contribution in [-0.4, -0.2) is 18.0 Å². The SMILES string of the molecule is COc1cnccc1C1(C)C(=O)Nc2cc(C(F)(F)F)ccc21. The van der Waals surface area contributed by atoms with Crippen molar-refractivity contribution in [3.63, 3.8) is 0 Å². The maximum Gasteiger partial charge on any atom is 0.416 e. The molecule has 0 saturated heterocycles. The van der Waals surface area contributed by atoms with E-state index in [-0.39, 0.29) is 5.69 Å². The van der Waals surface area contributed by atoms with Crippen LogP contribution in [-0.2, 0) is 16.4 Å². The summed E-state index contributed by atoms with van der Waals surface area (Å²) in [5.41, 5.74) is -0.770. The molecule has 2 heterocycles. The van der Waals surface area contributed by atoms with Crippen molar-refractivity contribution in [3.8, 4) is 5.75 Å². The minimum atomic E-state index is -4.47. The fourth-order valence-corrected chi connectivity index (χ4v) is 2.85. The summed E-state index contributed by atoms with van der Waals surface area (Å²) in [6, 6.07) is 4.89. The number of ether oxygens (including phenoxy) is 1. The number of carbonyl (C=O) groups excluding carboxylic acids is 1. The van der Waals surface area contributed by atoms with Crippen molar-refractivity contribution in [2.75, 3.05) is 12.4 Å². The molecule has 0 bridgehead atoms. The van der Waals surface area contributed by atoms with E-state index in [0.29, 0.717) is 16.9 Å². The monoisotopic (exact) mass is 322 g/mol. The molecule has 2 aromatic rings. The highest BCUT2D eigenvalue weighted by molar-refractivity contribution is 6.08. The molecule has 0 spiro atoms. The minimum Gasteiger partial charge on any atom is -0.495 e. The normalized spacial score (nSPS) is 20.1. The van der Waals surface area contributed by atoms with Crippen molar-refractivity contribution < 1.29 is 22.7 Å². The van der Waals surface area contributed by atoms with Gasteiger partial charge in [-0.25, -0.2) is 0 Å². The molecular formula is C16H13F3N2O2. The van der Waals surface area contributed by atoms with Crippen LogP contribution >= 0.6 is 0 Å². The average Bonchev–Trinajstić information content (AvgIpc) is 2.78. The summed E-state index contributed by atoms with van der Waals surface area (Å²) in [6.45, 7) is 1.65. The Bertz CT molecular complexity index is 789. The highest BCUT2D eigenvalue weighted by Crippen LogP contribution is 2.46. The molecule has 0 fully saturated rings. The Labute approximate surface area is 130 Å². The zero-order valence-corrected chi connectivity index (χ0v) is 12.4. The van der Waals surface area contributed by atoms with Gasteiger partial charge in [0.25, 0.3) is 0 Å². The first-order valence-corrected chi connectivity index (χ1v) is 6.80. The molecule has 1 aliphatic rings. The first-order valence-electron chi connectivity index (χ1n) is 6.80. The van der Waals surface area contributed by atoms with Gasteiger partial charge in [0.05, 0.1) is 18.9 Å². The van der Waals surface area contributed by atoms with Crippen molar-refractivity contribution >= 4 is 11.6 Å². The largest absolute Gasteiger partial charge is 0.495 e. The second-order valence-corrected chi connectivity index (χ2v) is 5.41. The van der Waals surface area contributed by atoms with Gasteiger partial charge in [-0.05, 0) is 30.7 Å². The lowest BCUT2D eigenvalue weighted by molar-refractivity contribution is -0.137. The maximum atomic E-state index is 12.8. The molecule has 1 aliphatic heterocycles. The van der Waals surface area contributed by atoms with E-state index in [0.717, 1.165) is 12.1 Å². The molecule has 0 saturated carbocycles. The molecule has 1 unspecified atom stereocenters. The minimum absolute atomic E-state index is 0.159. The molecule has 1 atom stereocenters. The van der Waals surface area contributed by atoms with Crippen LogP contribution in [0.4, 0.5) is 18.9 Å². The van der Waals surface area contributed by atoms with Gasteiger partial charge in [0.1, 0.15) is 11.2 Å². The lowest BCUT2D eigenvalue weighted by Gasteiger charge is -2.24. The van der Waals surface area contributed by atoms with E-state index in [1.54, 1.807) is 13.0 Å². The number of rotatable bonds is 2. The fraction of sp³-hybridized carbons (Fsp3) is 0.250. The predicted octanol–water partition coefficient (Wildman–Crippen LogP) is 3.37. The number of nitrogens with zero attached hydrogens (tertiary/aromatic N) is 1. The molecule has 1 N–H and O–H groups in total. The molecule has 0 radical (unpaired) electrons. The Morgan fingerprint density at radius 2 is 1.96 bits per heavy atom. The zero-order valence-electron chi connectivity index (χ0n) is 12.4. The Morgan fingerprint density at radius 3 is 2.61 bits per heavy atom. The van der Waals surface area contributed by atoms with Crippen LogP contribution in [0, 0.1) is 0 Å². The van der Waals surface area contributed by atoms with Crippen molar-refractivity contribution in [2.45, 2.75) is 18.5 Å². The third-order valence-electron chi connectivity index (χ3n) is 4.13. The van der Waals surface area contributed by atoms with E-state index in [9.17, 15) is 18.0 Å². The molecule has 1 aromatic carbocycles. The van der Waals surface area contributed by atoms with Crippen molar-refractivity contribution in [2.24, 2.45) is 0 Å². The molecule has 23 heavy (non-hydrogen) atoms. The third-order valence-corrected chi connectivity index (χ3v) is 4.13. The smallest absolute Gasteiger partial charge is 0.416 e. The van der Waals surface area contributed by atoms with E-state index < -0.39 is 23.1 Å². The number of hydrogen-bond donors (Lipinski definition) is 1. The van der Waals surface area contributed by atoms with Gasteiger partial charge >= 0.3 is 6.18 Å². The topological polar surface area (TPSA) is 51.2 Å². The summed E-state index contributed by atoms with van der Waals surface area (Å²) in [6.07, 6.45) is -1.48. The number of aromatic nitrogens is 1. The summed E-state index contributed by atoms with van der Waals surface area (Å²) in [4.78, 5) is 16.5. The van der Waals surface area contributed by atoms with Gasteiger partial charge < -0.3 is 10.1 Å². The van der Waals surface area contributed by atoms with E-state index in [1.165, 1.54) is 25.6 Å². The second kappa shape index (κ2) is 4.97. The summed E-state index contributed by atoms with van der Waals surface area (Å²) in [7, 11) is 1.45. The van der Waals surface area contributed by atoms with Crippen LogP contribution in [0.5, 0.6) is 5.75 Å². The van der Waals surface area contributed by atoms with Gasteiger partial charge in [-0.2, -0.15) is 13.2 Å². The highest BCUT2D eigenvalue weighted by Gasteiger charge is 2.46. The van der Waals surface area contributed by atoms with Crippen LogP contribution in [0.3, 0.4) is 0 Å². The Kier molecular flexibility index (Phi) is 3.31. The Morgan fingerprint density at radius 1 is 1.22 bits per heavy atom. The number of fused-ring (bicyclic) bond motifs is 1. The number of alkyl halides is 3. The first-order chi connectivity index (χ1) is 10.8. The van der Waals surface area contributed by atoms with E-state index in [2.05, 4.69) is 10.3 Å². The van der Waals surface area contributed by atoms with Crippen molar-refractivity contribution in [1.29, 1.82) is 0 Å². The van der Waals surface area contributed by atoms with Crippen LogP contribution < -0.4 is 10.1 Å². The molecule has 120 valence electrons. The lowest BCUT2D eigenvalue weighted by Crippen LogP contribution is -2.32. The Balaban J connectivity index is 2.19. The number of amides is 1. The van der Waals surface area contributed by atoms with E-state index >= 15 is 0 Å². The summed E-state index contributed by atoms with van der Waals surface area (Å²) >= 11 is 0. The van der Waals surface area contributed by atoms with E-state index in [1.807, 2.05) is 0 Å². The van der Waals surface area contributed by atoms with Gasteiger partial charge in [-0.15, -0.1) is 0 Å². The molecule has 0 aliphatic carbocycles. The molecular weight excluding hydrogens is 309 g/mol. The molecule has 7 heteroatoms. The number of pyridine rings is 1. The Hall–Kier alpha value is -2.57. The highest BCUT2D eigenvalue weighted by atomic mass is 19.4. The van der Waals surface area contributed by atoms with Gasteiger partial charge in [-0.3, -0.25) is 9.78 Å². The summed E-state index contributed by atoms with van der Waals surface area (Å²) in [5.74, 6) is -0.00535. The number of hydrogen-bond acceptors (Lipinski definition) is 3. The van der Waals surface area contributed by atoms with Crippen molar-refractivity contribution in [1.82, 2.24) is 4.98 Å². The van der Waals surface area contributed by atoms with Crippen LogP contribution in [0.2, 0.25) is 0 Å². The third kappa shape index (κ3) is 2.23. The van der Waals surface area contributed by atoms with Gasteiger partial charge in [0.2, 0.25) is 5.91 Å². The van der Waals surface area contributed by atoms with Crippen LogP contribution in [0.25, 0.3) is 0 Å². The van der Waals surface area contributed by atoms with Gasteiger partial charge in [-0.1, -0.05) is 6.07 Å². The maximum absolute atomic E-state index is 12.8. The number of anilines is 1. The van der Waals surface area contributed by atoms with Gasteiger partial charge in [0.15, 0.2) is 0 Å². The van der Waals surface area contributed by atoms with Crippen LogP contribution in [0.15, 0.2) is 36.7 Å². The standard InChI is InChI=1S/C16H13F3N2O2/c1-15(11-5-6-20-8-13(11)23-2)10-4-3-9(16(17,18)19)7-12(10)21-14(15)22/h3-8H,1-2H3,(H,21,22). The molecule has 3 rings (SSSR count). The number of nitrogens with one attached hydrogen (secondary N) is 1. The second-order valence-electron chi connectivity index (χ2n) is 5.41. The van der Waals surface area contributed by atoms with Crippen molar-refractivity contribution in [3.05, 3.63) is 53.3 Å². The quantitative estimate of drug-likeness (QED) is 0.922. The molecule has 1 amide bonds. The number of benzene rings is 1. The fourth-order valence-electron chi connectivity index (χ4n) is 2.85. The molecule has 1 aromatic heterocycles. The van der Waals surface area contributed by atoms with Crippen LogP contribution in [0.1, 0.15) is 23.6 Å². The zero-order chi connectivity index (χ0) is 16.8. The molecule has 4 nitrogen and oxygen atoms in total.